The van der Waals surface area contributed by atoms with Crippen molar-refractivity contribution >= 4 is 23.3 Å². The van der Waals surface area contributed by atoms with Gasteiger partial charge in [-0.3, -0.25) is 4.79 Å². The van der Waals surface area contributed by atoms with E-state index in [1.165, 1.54) is 6.33 Å². The molecule has 1 unspecified atom stereocenters. The molecule has 29 heavy (non-hydrogen) atoms. The third-order valence-corrected chi connectivity index (χ3v) is 6.11. The number of piperazine rings is 1. The smallest absolute Gasteiger partial charge is 0.239 e. The van der Waals surface area contributed by atoms with Crippen LogP contribution >= 0.6 is 11.6 Å². The molecule has 1 aromatic carbocycles. The molecule has 1 aromatic heterocycles. The number of hydrogen-bond acceptors (Lipinski definition) is 6. The molecule has 1 amide bonds. The first kappa shape index (κ1) is 20.1. The molecule has 8 heteroatoms. The minimum absolute atomic E-state index is 0.0312. The van der Waals surface area contributed by atoms with Gasteiger partial charge in [-0.05, 0) is 36.5 Å². The molecule has 1 aliphatic heterocycles. The highest BCUT2D eigenvalue weighted by Gasteiger charge is 2.34. The van der Waals surface area contributed by atoms with Gasteiger partial charge in [-0.25, -0.2) is 9.97 Å². The molecular weight excluding hydrogens is 390 g/mol. The summed E-state index contributed by atoms with van der Waals surface area (Å²) in [7, 11) is 0. The lowest BCUT2D eigenvalue weighted by Crippen LogP contribution is -2.54. The van der Waals surface area contributed by atoms with E-state index in [4.69, 9.17) is 17.3 Å². The second-order valence-corrected chi connectivity index (χ2v) is 8.33. The Morgan fingerprint density at radius 2 is 1.93 bits per heavy atom. The van der Waals surface area contributed by atoms with Crippen molar-refractivity contribution in [2.24, 2.45) is 5.73 Å². The van der Waals surface area contributed by atoms with Crippen LogP contribution in [0.4, 0.5) is 5.82 Å². The molecule has 7 nitrogen and oxygen atoms in total. The first-order valence-electron chi connectivity index (χ1n) is 10.0. The Balaban J connectivity index is 1.38. The van der Waals surface area contributed by atoms with Gasteiger partial charge in [0.1, 0.15) is 12.1 Å². The van der Waals surface area contributed by atoms with Crippen molar-refractivity contribution in [2.75, 3.05) is 31.1 Å². The maximum atomic E-state index is 12.8. The summed E-state index contributed by atoms with van der Waals surface area (Å²) in [5.41, 5.74) is 8.97. The van der Waals surface area contributed by atoms with Crippen LogP contribution in [0.15, 0.2) is 30.6 Å². The fraction of sp³-hybridized carbons (Fsp3) is 0.476. The molecule has 2 aromatic rings. The summed E-state index contributed by atoms with van der Waals surface area (Å²) >= 11 is 5.91. The van der Waals surface area contributed by atoms with E-state index in [2.05, 4.69) is 21.8 Å². The van der Waals surface area contributed by atoms with Crippen LogP contribution in [-0.2, 0) is 11.2 Å². The maximum Gasteiger partial charge on any atom is 0.239 e. The highest BCUT2D eigenvalue weighted by molar-refractivity contribution is 6.30. The third-order valence-electron chi connectivity index (χ3n) is 5.86. The summed E-state index contributed by atoms with van der Waals surface area (Å²) in [6.45, 7) is 4.67. The van der Waals surface area contributed by atoms with Crippen LogP contribution < -0.4 is 10.6 Å². The molecule has 3 N–H and O–H groups in total. The topological polar surface area (TPSA) is 95.6 Å². The largest absolute Gasteiger partial charge is 0.387 e. The molecule has 2 aliphatic rings. The zero-order valence-corrected chi connectivity index (χ0v) is 17.2. The normalized spacial score (nSPS) is 22.5. The Morgan fingerprint density at radius 3 is 2.62 bits per heavy atom. The summed E-state index contributed by atoms with van der Waals surface area (Å²) in [6, 6.07) is 6.86. The highest BCUT2D eigenvalue weighted by Crippen LogP contribution is 2.42. The number of aromatic nitrogens is 2. The second kappa shape index (κ2) is 8.26. The van der Waals surface area contributed by atoms with Gasteiger partial charge in [-0.15, -0.1) is 0 Å². The molecule has 2 heterocycles. The van der Waals surface area contributed by atoms with Crippen LogP contribution in [0.5, 0.6) is 0 Å². The number of nitrogens with two attached hydrogens (primary N) is 1. The number of nitrogens with zero attached hydrogens (tertiary/aromatic N) is 4. The molecule has 0 radical (unpaired) electrons. The van der Waals surface area contributed by atoms with Crippen molar-refractivity contribution in [3.05, 3.63) is 52.4 Å². The molecule has 154 valence electrons. The summed E-state index contributed by atoms with van der Waals surface area (Å²) in [5, 5.41) is 10.9. The standard InChI is InChI=1S/C21H26ClN5O2/c1-13-10-17(28)19-18(13)20(25-12-24-19)26-6-8-27(9-7-26)21(29)16(23)11-14-2-4-15(22)5-3-14/h2-5,12-13,16-17,28H,6-11,23H2,1H3/t13-,16?,17-/m1/s1. The molecular formula is C21H26ClN5O2. The number of anilines is 1. The number of carbonyl (C=O) groups excluding carboxylic acids is 1. The second-order valence-electron chi connectivity index (χ2n) is 7.90. The van der Waals surface area contributed by atoms with E-state index in [1.807, 2.05) is 29.2 Å². The number of aliphatic hydroxyl groups excluding tert-OH is 1. The Morgan fingerprint density at radius 1 is 1.24 bits per heavy atom. The summed E-state index contributed by atoms with van der Waals surface area (Å²) in [5.74, 6) is 1.08. The van der Waals surface area contributed by atoms with Gasteiger partial charge in [0.2, 0.25) is 5.91 Å². The first-order valence-corrected chi connectivity index (χ1v) is 10.4. The van der Waals surface area contributed by atoms with Gasteiger partial charge in [-0.2, -0.15) is 0 Å². The summed E-state index contributed by atoms with van der Waals surface area (Å²) in [4.78, 5) is 25.6. The monoisotopic (exact) mass is 415 g/mol. The van der Waals surface area contributed by atoms with Crippen LogP contribution in [0.1, 0.15) is 42.2 Å². The third kappa shape index (κ3) is 4.08. The number of amides is 1. The van der Waals surface area contributed by atoms with E-state index in [0.29, 0.717) is 44.0 Å². The summed E-state index contributed by atoms with van der Waals surface area (Å²) in [6.07, 6.45) is 2.18. The zero-order valence-electron chi connectivity index (χ0n) is 16.5. The minimum atomic E-state index is -0.568. The Bertz CT molecular complexity index is 883. The lowest BCUT2D eigenvalue weighted by atomic mass is 10.0. The van der Waals surface area contributed by atoms with E-state index in [0.717, 1.165) is 22.6 Å². The Kier molecular flexibility index (Phi) is 5.72. The van der Waals surface area contributed by atoms with Crippen LogP contribution in [0.2, 0.25) is 5.02 Å². The number of fused-ring (bicyclic) bond motifs is 1. The quantitative estimate of drug-likeness (QED) is 0.791. The predicted octanol–water partition coefficient (Wildman–Crippen LogP) is 1.89. The van der Waals surface area contributed by atoms with Crippen LogP contribution in [-0.4, -0.2) is 58.1 Å². The molecule has 0 bridgehead atoms. The lowest BCUT2D eigenvalue weighted by Gasteiger charge is -2.37. The Labute approximate surface area is 175 Å². The zero-order chi connectivity index (χ0) is 20.5. The minimum Gasteiger partial charge on any atom is -0.387 e. The van der Waals surface area contributed by atoms with Gasteiger partial charge in [0.05, 0.1) is 17.8 Å². The summed E-state index contributed by atoms with van der Waals surface area (Å²) < 4.78 is 0. The molecule has 0 spiro atoms. The average Bonchev–Trinajstić information content (AvgIpc) is 3.03. The number of rotatable bonds is 4. The van der Waals surface area contributed by atoms with E-state index in [1.54, 1.807) is 0 Å². The van der Waals surface area contributed by atoms with Crippen molar-refractivity contribution in [3.63, 3.8) is 0 Å². The van der Waals surface area contributed by atoms with Gasteiger partial charge >= 0.3 is 0 Å². The van der Waals surface area contributed by atoms with Gasteiger partial charge in [0.25, 0.3) is 0 Å². The number of halogens is 1. The molecule has 4 rings (SSSR count). The van der Waals surface area contributed by atoms with Crippen LogP contribution in [0.3, 0.4) is 0 Å². The maximum absolute atomic E-state index is 12.8. The van der Waals surface area contributed by atoms with E-state index in [9.17, 15) is 9.90 Å². The van der Waals surface area contributed by atoms with Crippen molar-refractivity contribution in [2.45, 2.75) is 37.8 Å². The molecule has 1 saturated heterocycles. The predicted molar refractivity (Wildman–Crippen MR) is 112 cm³/mol. The molecule has 0 saturated carbocycles. The van der Waals surface area contributed by atoms with Gasteiger partial charge in [0, 0.05) is 36.8 Å². The van der Waals surface area contributed by atoms with Crippen LogP contribution in [0.25, 0.3) is 0 Å². The molecule has 3 atom stereocenters. The van der Waals surface area contributed by atoms with Gasteiger partial charge in [0.15, 0.2) is 0 Å². The number of hydrogen-bond donors (Lipinski definition) is 2. The highest BCUT2D eigenvalue weighted by atomic mass is 35.5. The number of benzene rings is 1. The van der Waals surface area contributed by atoms with E-state index in [-0.39, 0.29) is 11.8 Å². The SMILES string of the molecule is C[C@@H]1C[C@@H](O)c2ncnc(N3CCN(C(=O)C(N)Cc4ccc(Cl)cc4)CC3)c21. The van der Waals surface area contributed by atoms with E-state index >= 15 is 0 Å². The van der Waals surface area contributed by atoms with Crippen molar-refractivity contribution in [1.82, 2.24) is 14.9 Å². The fourth-order valence-corrected chi connectivity index (χ4v) is 4.42. The van der Waals surface area contributed by atoms with Gasteiger partial charge < -0.3 is 20.6 Å². The Hall–Kier alpha value is -2.22. The molecule has 1 fully saturated rings. The van der Waals surface area contributed by atoms with Gasteiger partial charge in [-0.1, -0.05) is 30.7 Å². The first-order chi connectivity index (χ1) is 13.9. The lowest BCUT2D eigenvalue weighted by molar-refractivity contribution is -0.132. The van der Waals surface area contributed by atoms with E-state index < -0.39 is 12.1 Å². The fourth-order valence-electron chi connectivity index (χ4n) is 4.29. The van der Waals surface area contributed by atoms with Crippen LogP contribution in [0, 0.1) is 0 Å². The molecule has 1 aliphatic carbocycles. The van der Waals surface area contributed by atoms with Crippen molar-refractivity contribution in [3.8, 4) is 0 Å². The number of aliphatic hydroxyl groups is 1. The average molecular weight is 416 g/mol. The van der Waals surface area contributed by atoms with Crippen molar-refractivity contribution < 1.29 is 9.90 Å². The van der Waals surface area contributed by atoms with Crippen molar-refractivity contribution in [1.29, 1.82) is 0 Å². The number of carbonyl (C=O) groups is 1.